The Hall–Kier alpha value is -1.31. The minimum Gasteiger partial charge on any atom is -0.481 e. The van der Waals surface area contributed by atoms with Gasteiger partial charge in [0.1, 0.15) is 0 Å². The van der Waals surface area contributed by atoms with Gasteiger partial charge in [-0.05, 0) is 19.1 Å². The number of benzene rings is 1. The lowest BCUT2D eigenvalue weighted by atomic mass is 10.2. The summed E-state index contributed by atoms with van der Waals surface area (Å²) in [4.78, 5) is 18.5. The lowest BCUT2D eigenvalue weighted by Crippen LogP contribution is -1.96. The minimum atomic E-state index is -4.02. The summed E-state index contributed by atoms with van der Waals surface area (Å²) in [7, 11) is -4.02. The van der Waals surface area contributed by atoms with Gasteiger partial charge in [0, 0.05) is 0 Å². The number of aryl methyl sites for hydroxylation is 1. The predicted molar refractivity (Wildman–Crippen MR) is 98.1 cm³/mol. The standard InChI is InChI=1S/C7H8O3S.2C2H4O2S.C2H6O2/c1-6-2-4-7(5-3-6)11(8,9)10;2*3-2(4)1-5;3-1-2-4/h2-5H,1H3,(H,8,9,10);2*5H,1H2,(H,3,4);3-4H,1-2H2. The topological polar surface area (TPSA) is 169 Å². The van der Waals surface area contributed by atoms with Crippen molar-refractivity contribution in [1.82, 2.24) is 0 Å². The molecule has 0 radical (unpaired) electrons. The second-order valence-corrected chi connectivity index (χ2v) is 5.89. The first-order valence-electron chi connectivity index (χ1n) is 6.37. The van der Waals surface area contributed by atoms with Crippen LogP contribution in [0.2, 0.25) is 0 Å². The summed E-state index contributed by atoms with van der Waals surface area (Å²) in [6.07, 6.45) is 0. The van der Waals surface area contributed by atoms with Gasteiger partial charge in [-0.2, -0.15) is 33.7 Å². The molecule has 0 aliphatic rings. The fourth-order valence-electron chi connectivity index (χ4n) is 0.710. The van der Waals surface area contributed by atoms with Crippen molar-refractivity contribution in [3.63, 3.8) is 0 Å². The van der Waals surface area contributed by atoms with Gasteiger partial charge >= 0.3 is 11.9 Å². The van der Waals surface area contributed by atoms with Crippen molar-refractivity contribution >= 4 is 47.3 Å². The molecule has 1 aromatic rings. The van der Waals surface area contributed by atoms with Gasteiger partial charge in [0.25, 0.3) is 10.1 Å². The Balaban J connectivity index is -0.000000292. The van der Waals surface area contributed by atoms with Crippen molar-refractivity contribution < 1.29 is 43.0 Å². The molecule has 0 unspecified atom stereocenters. The normalized spacial score (nSPS) is 9.20. The monoisotopic (exact) mass is 418 g/mol. The molecule has 0 atom stereocenters. The zero-order chi connectivity index (χ0) is 20.5. The summed E-state index contributed by atoms with van der Waals surface area (Å²) in [5.41, 5.74) is 0.956. The van der Waals surface area contributed by atoms with E-state index >= 15 is 0 Å². The summed E-state index contributed by atoms with van der Waals surface area (Å²) < 4.78 is 29.6. The van der Waals surface area contributed by atoms with Crippen LogP contribution in [0.15, 0.2) is 29.2 Å². The molecule has 1 aromatic carbocycles. The molecule has 0 aliphatic heterocycles. The van der Waals surface area contributed by atoms with E-state index in [2.05, 4.69) is 25.3 Å². The number of aliphatic hydroxyl groups excluding tert-OH is 2. The first-order chi connectivity index (χ1) is 11.5. The number of aliphatic carboxylic acids is 2. The average Bonchev–Trinajstić information content (AvgIpc) is 2.55. The van der Waals surface area contributed by atoms with E-state index in [1.807, 2.05) is 6.92 Å². The highest BCUT2D eigenvalue weighted by Crippen LogP contribution is 2.08. The summed E-state index contributed by atoms with van der Waals surface area (Å²) in [5, 5.41) is 30.5. The van der Waals surface area contributed by atoms with Crippen molar-refractivity contribution in [1.29, 1.82) is 0 Å². The van der Waals surface area contributed by atoms with E-state index < -0.39 is 22.1 Å². The third-order valence-electron chi connectivity index (χ3n) is 1.69. The van der Waals surface area contributed by atoms with E-state index in [0.717, 1.165) is 5.56 Å². The molecule has 0 aromatic heterocycles. The molecule has 146 valence electrons. The van der Waals surface area contributed by atoms with E-state index in [1.54, 1.807) is 12.1 Å². The van der Waals surface area contributed by atoms with Gasteiger partial charge in [-0.25, -0.2) is 0 Å². The molecule has 9 nitrogen and oxygen atoms in total. The highest BCUT2D eigenvalue weighted by atomic mass is 32.2. The van der Waals surface area contributed by atoms with Crippen LogP contribution in [0.3, 0.4) is 0 Å². The zero-order valence-electron chi connectivity index (χ0n) is 13.3. The Kier molecular flexibility index (Phi) is 20.0. The van der Waals surface area contributed by atoms with Crippen LogP contribution in [0.5, 0.6) is 0 Å². The maximum absolute atomic E-state index is 10.5. The Bertz CT molecular complexity index is 555. The van der Waals surface area contributed by atoms with Gasteiger partial charge in [-0.3, -0.25) is 14.1 Å². The molecule has 0 bridgehead atoms. The smallest absolute Gasteiger partial charge is 0.313 e. The third kappa shape index (κ3) is 25.1. The second kappa shape index (κ2) is 17.5. The lowest BCUT2D eigenvalue weighted by molar-refractivity contribution is -0.134. The van der Waals surface area contributed by atoms with Gasteiger partial charge in [-0.1, -0.05) is 17.7 Å². The first kappa shape index (κ1) is 28.5. The van der Waals surface area contributed by atoms with E-state index in [0.29, 0.717) is 0 Å². The van der Waals surface area contributed by atoms with Crippen LogP contribution in [0, 0.1) is 6.92 Å². The van der Waals surface area contributed by atoms with Crippen LogP contribution in [0.4, 0.5) is 0 Å². The number of carboxylic acid groups (broad SMARTS) is 2. The molecule has 12 heteroatoms. The van der Waals surface area contributed by atoms with Crippen LogP contribution in [-0.2, 0) is 19.7 Å². The molecule has 25 heavy (non-hydrogen) atoms. The lowest BCUT2D eigenvalue weighted by Gasteiger charge is -1.95. The predicted octanol–water partition coefficient (Wildman–Crippen LogP) is 0.214. The number of rotatable bonds is 4. The average molecular weight is 419 g/mol. The van der Waals surface area contributed by atoms with Crippen molar-refractivity contribution in [3.8, 4) is 0 Å². The van der Waals surface area contributed by atoms with Crippen LogP contribution < -0.4 is 0 Å². The maximum Gasteiger partial charge on any atom is 0.313 e. The van der Waals surface area contributed by atoms with Gasteiger partial charge in [0.05, 0.1) is 29.6 Å². The van der Waals surface area contributed by atoms with Crippen molar-refractivity contribution in [2.75, 3.05) is 24.7 Å². The fraction of sp³-hybridized carbons (Fsp3) is 0.385. The van der Waals surface area contributed by atoms with Crippen molar-refractivity contribution in [3.05, 3.63) is 29.8 Å². The Labute approximate surface area is 156 Å². The maximum atomic E-state index is 10.5. The van der Waals surface area contributed by atoms with E-state index in [-0.39, 0.29) is 29.6 Å². The van der Waals surface area contributed by atoms with Gasteiger partial charge < -0.3 is 20.4 Å². The largest absolute Gasteiger partial charge is 0.481 e. The molecule has 0 saturated carbocycles. The SMILES string of the molecule is Cc1ccc(S(=O)(=O)O)cc1.O=C(O)CS.O=C(O)CS.OCCO. The Morgan fingerprint density at radius 2 is 1.20 bits per heavy atom. The molecular formula is C13H22O9S3. The van der Waals surface area contributed by atoms with Crippen molar-refractivity contribution in [2.45, 2.75) is 11.8 Å². The van der Waals surface area contributed by atoms with Gasteiger partial charge in [0.2, 0.25) is 0 Å². The summed E-state index contributed by atoms with van der Waals surface area (Å²) >= 11 is 6.83. The van der Waals surface area contributed by atoms with Crippen LogP contribution in [0.25, 0.3) is 0 Å². The quantitative estimate of drug-likeness (QED) is 0.267. The molecule has 0 amide bonds. The van der Waals surface area contributed by atoms with E-state index in [9.17, 15) is 18.0 Å². The minimum absolute atomic E-state index is 0.0666. The Morgan fingerprint density at radius 3 is 1.36 bits per heavy atom. The number of carboxylic acids is 2. The second-order valence-electron chi connectivity index (χ2n) is 3.84. The summed E-state index contributed by atoms with van der Waals surface area (Å²) in [6.45, 7) is 1.59. The van der Waals surface area contributed by atoms with Gasteiger partial charge in [-0.15, -0.1) is 0 Å². The molecule has 0 heterocycles. The highest BCUT2D eigenvalue weighted by Gasteiger charge is 2.06. The molecule has 0 saturated heterocycles. The van der Waals surface area contributed by atoms with Gasteiger partial charge in [0.15, 0.2) is 0 Å². The number of hydrogen-bond donors (Lipinski definition) is 7. The number of carbonyl (C=O) groups is 2. The molecule has 0 fully saturated rings. The zero-order valence-corrected chi connectivity index (χ0v) is 15.9. The van der Waals surface area contributed by atoms with Crippen molar-refractivity contribution in [2.24, 2.45) is 0 Å². The van der Waals surface area contributed by atoms with E-state index in [4.69, 9.17) is 25.0 Å². The first-order valence-corrected chi connectivity index (χ1v) is 9.07. The van der Waals surface area contributed by atoms with Crippen LogP contribution in [0.1, 0.15) is 5.56 Å². The summed E-state index contributed by atoms with van der Waals surface area (Å²) in [6, 6.07) is 5.99. The Morgan fingerprint density at radius 1 is 0.920 bits per heavy atom. The van der Waals surface area contributed by atoms with Crippen LogP contribution in [-0.4, -0.2) is 70.1 Å². The van der Waals surface area contributed by atoms with E-state index in [1.165, 1.54) is 12.1 Å². The third-order valence-corrected chi connectivity index (χ3v) is 3.10. The molecular weight excluding hydrogens is 396 g/mol. The fourth-order valence-corrected chi connectivity index (χ4v) is 1.19. The van der Waals surface area contributed by atoms with Crippen LogP contribution >= 0.6 is 25.3 Å². The molecule has 5 N–H and O–H groups in total. The molecule has 1 rings (SSSR count). The number of aliphatic hydroxyl groups is 2. The highest BCUT2D eigenvalue weighted by molar-refractivity contribution is 7.85. The number of hydrogen-bond acceptors (Lipinski definition) is 8. The summed E-state index contributed by atoms with van der Waals surface area (Å²) in [5.74, 6) is -1.93. The number of thiol groups is 2. The molecule has 0 spiro atoms. The molecule has 0 aliphatic carbocycles.